The van der Waals surface area contributed by atoms with E-state index in [-0.39, 0.29) is 11.7 Å². The molecule has 1 N–H and O–H groups in total. The van der Waals surface area contributed by atoms with E-state index < -0.39 is 0 Å². The molecule has 0 unspecified atom stereocenters. The van der Waals surface area contributed by atoms with Crippen molar-refractivity contribution in [2.75, 3.05) is 13.7 Å². The minimum atomic E-state index is -0.223. The number of methoxy groups -OCH3 is 1. The molecule has 0 fully saturated rings. The monoisotopic (exact) mass is 339 g/mol. The Balaban J connectivity index is 1.58. The highest BCUT2D eigenvalue weighted by Crippen LogP contribution is 2.28. The largest absolute Gasteiger partial charge is 0.497 e. The van der Waals surface area contributed by atoms with Gasteiger partial charge >= 0.3 is 0 Å². The maximum atomic E-state index is 13.2. The SMILES string of the molecule is COc1ccc(CNCC[C@H](c2ccc(F)cc2)c2ccco2)cc1. The molecule has 1 heterocycles. The molecule has 4 heteroatoms. The fourth-order valence-corrected chi connectivity index (χ4v) is 2.88. The van der Waals surface area contributed by atoms with Crippen LogP contribution in [0.25, 0.3) is 0 Å². The number of nitrogens with one attached hydrogen (secondary N) is 1. The highest BCUT2D eigenvalue weighted by atomic mass is 19.1. The number of hydrogen-bond acceptors (Lipinski definition) is 3. The number of halogens is 1. The molecular formula is C21H22FNO2. The first kappa shape index (κ1) is 17.2. The summed E-state index contributed by atoms with van der Waals surface area (Å²) in [5.74, 6) is 1.65. The number of hydrogen-bond donors (Lipinski definition) is 1. The zero-order valence-electron chi connectivity index (χ0n) is 14.2. The Morgan fingerprint density at radius 1 is 1.04 bits per heavy atom. The molecule has 0 aliphatic heterocycles. The highest BCUT2D eigenvalue weighted by molar-refractivity contribution is 5.28. The van der Waals surface area contributed by atoms with E-state index in [9.17, 15) is 4.39 Å². The summed E-state index contributed by atoms with van der Waals surface area (Å²) in [6.07, 6.45) is 2.55. The van der Waals surface area contributed by atoms with Crippen molar-refractivity contribution in [3.63, 3.8) is 0 Å². The standard InChI is InChI=1S/C21H22FNO2/c1-24-19-10-4-16(5-11-19)15-23-13-12-20(21-3-2-14-25-21)17-6-8-18(22)9-7-17/h2-11,14,20,23H,12-13,15H2,1H3/t20-/m1/s1. The van der Waals surface area contributed by atoms with Gasteiger partial charge in [0, 0.05) is 12.5 Å². The van der Waals surface area contributed by atoms with Crippen molar-refractivity contribution in [3.05, 3.63) is 89.6 Å². The molecule has 0 amide bonds. The minimum absolute atomic E-state index is 0.110. The summed E-state index contributed by atoms with van der Waals surface area (Å²) in [7, 11) is 1.66. The Morgan fingerprint density at radius 2 is 1.80 bits per heavy atom. The van der Waals surface area contributed by atoms with Crippen molar-refractivity contribution in [1.82, 2.24) is 5.32 Å². The van der Waals surface area contributed by atoms with Gasteiger partial charge in [0.15, 0.2) is 0 Å². The van der Waals surface area contributed by atoms with Crippen LogP contribution in [0.3, 0.4) is 0 Å². The van der Waals surface area contributed by atoms with E-state index in [0.29, 0.717) is 0 Å². The number of ether oxygens (including phenoxy) is 1. The van der Waals surface area contributed by atoms with E-state index in [4.69, 9.17) is 9.15 Å². The van der Waals surface area contributed by atoms with Crippen molar-refractivity contribution < 1.29 is 13.5 Å². The Bertz CT molecular complexity index is 752. The van der Waals surface area contributed by atoms with Crippen molar-refractivity contribution in [3.8, 4) is 5.75 Å². The lowest BCUT2D eigenvalue weighted by Crippen LogP contribution is -2.17. The molecule has 0 spiro atoms. The smallest absolute Gasteiger partial charge is 0.123 e. The van der Waals surface area contributed by atoms with E-state index in [0.717, 1.165) is 36.6 Å². The van der Waals surface area contributed by atoms with Crippen LogP contribution in [0, 0.1) is 5.82 Å². The first-order valence-corrected chi connectivity index (χ1v) is 8.39. The summed E-state index contributed by atoms with van der Waals surface area (Å²) in [6.45, 7) is 1.62. The lowest BCUT2D eigenvalue weighted by molar-refractivity contribution is 0.414. The van der Waals surface area contributed by atoms with Crippen molar-refractivity contribution >= 4 is 0 Å². The molecule has 0 saturated heterocycles. The molecular weight excluding hydrogens is 317 g/mol. The summed E-state index contributed by atoms with van der Waals surface area (Å²) in [6, 6.07) is 18.5. The normalized spacial score (nSPS) is 12.1. The Labute approximate surface area is 147 Å². The maximum Gasteiger partial charge on any atom is 0.123 e. The van der Waals surface area contributed by atoms with Crippen LogP contribution in [-0.4, -0.2) is 13.7 Å². The van der Waals surface area contributed by atoms with Gasteiger partial charge in [-0.2, -0.15) is 0 Å². The van der Waals surface area contributed by atoms with E-state index in [2.05, 4.69) is 17.4 Å². The predicted molar refractivity (Wildman–Crippen MR) is 96.3 cm³/mol. The van der Waals surface area contributed by atoms with Crippen LogP contribution in [-0.2, 0) is 6.54 Å². The van der Waals surface area contributed by atoms with Gasteiger partial charge in [-0.15, -0.1) is 0 Å². The van der Waals surface area contributed by atoms with Crippen molar-refractivity contribution in [1.29, 1.82) is 0 Å². The van der Waals surface area contributed by atoms with Crippen LogP contribution in [0.5, 0.6) is 5.75 Å². The van der Waals surface area contributed by atoms with E-state index in [1.165, 1.54) is 17.7 Å². The van der Waals surface area contributed by atoms with Crippen molar-refractivity contribution in [2.24, 2.45) is 0 Å². The van der Waals surface area contributed by atoms with Gasteiger partial charge in [0.2, 0.25) is 0 Å². The molecule has 0 radical (unpaired) electrons. The third kappa shape index (κ3) is 4.70. The average Bonchev–Trinajstić information content (AvgIpc) is 3.18. The van der Waals surface area contributed by atoms with Gasteiger partial charge in [-0.05, 0) is 60.5 Å². The third-order valence-electron chi connectivity index (χ3n) is 4.26. The molecule has 25 heavy (non-hydrogen) atoms. The molecule has 1 atom stereocenters. The summed E-state index contributed by atoms with van der Waals surface area (Å²) in [4.78, 5) is 0. The summed E-state index contributed by atoms with van der Waals surface area (Å²) in [5.41, 5.74) is 2.26. The minimum Gasteiger partial charge on any atom is -0.497 e. The average molecular weight is 339 g/mol. The van der Waals surface area contributed by atoms with Crippen molar-refractivity contribution in [2.45, 2.75) is 18.9 Å². The molecule has 0 saturated carbocycles. The molecule has 130 valence electrons. The summed E-state index contributed by atoms with van der Waals surface area (Å²) in [5, 5.41) is 3.46. The third-order valence-corrected chi connectivity index (χ3v) is 4.26. The first-order valence-electron chi connectivity index (χ1n) is 8.39. The highest BCUT2D eigenvalue weighted by Gasteiger charge is 2.16. The Morgan fingerprint density at radius 3 is 2.44 bits per heavy atom. The zero-order chi connectivity index (χ0) is 17.5. The van der Waals surface area contributed by atoms with Gasteiger partial charge < -0.3 is 14.5 Å². The van der Waals surface area contributed by atoms with Crippen LogP contribution in [0.4, 0.5) is 4.39 Å². The lowest BCUT2D eigenvalue weighted by atomic mass is 9.93. The second-order valence-electron chi connectivity index (χ2n) is 5.93. The van der Waals surface area contributed by atoms with Crippen LogP contribution >= 0.6 is 0 Å². The van der Waals surface area contributed by atoms with Gasteiger partial charge in [-0.25, -0.2) is 4.39 Å². The second kappa shape index (κ2) is 8.49. The van der Waals surface area contributed by atoms with Gasteiger partial charge in [0.1, 0.15) is 17.3 Å². The number of furan rings is 1. The number of rotatable bonds is 8. The Kier molecular flexibility index (Phi) is 5.86. The summed E-state index contributed by atoms with van der Waals surface area (Å²) < 4.78 is 23.9. The van der Waals surface area contributed by atoms with Gasteiger partial charge in [0.05, 0.1) is 13.4 Å². The molecule has 3 rings (SSSR count). The molecule has 0 aliphatic carbocycles. The predicted octanol–water partition coefficient (Wildman–Crippen LogP) is 4.74. The topological polar surface area (TPSA) is 34.4 Å². The number of benzene rings is 2. The molecule has 1 aromatic heterocycles. The molecule has 0 bridgehead atoms. The van der Waals surface area contributed by atoms with Gasteiger partial charge in [-0.3, -0.25) is 0 Å². The quantitative estimate of drug-likeness (QED) is 0.602. The van der Waals surface area contributed by atoms with E-state index in [1.54, 1.807) is 13.4 Å². The molecule has 3 aromatic rings. The van der Waals surface area contributed by atoms with Crippen LogP contribution in [0.2, 0.25) is 0 Å². The molecule has 2 aromatic carbocycles. The summed E-state index contributed by atoms with van der Waals surface area (Å²) >= 11 is 0. The van der Waals surface area contributed by atoms with Gasteiger partial charge in [-0.1, -0.05) is 24.3 Å². The first-order chi connectivity index (χ1) is 12.3. The van der Waals surface area contributed by atoms with E-state index in [1.807, 2.05) is 36.4 Å². The van der Waals surface area contributed by atoms with E-state index >= 15 is 0 Å². The molecule has 0 aliphatic rings. The van der Waals surface area contributed by atoms with Crippen LogP contribution in [0.1, 0.15) is 29.2 Å². The Hall–Kier alpha value is -2.59. The zero-order valence-corrected chi connectivity index (χ0v) is 14.2. The fraction of sp³-hybridized carbons (Fsp3) is 0.238. The fourth-order valence-electron chi connectivity index (χ4n) is 2.88. The lowest BCUT2D eigenvalue weighted by Gasteiger charge is -2.16. The van der Waals surface area contributed by atoms with Crippen LogP contribution in [0.15, 0.2) is 71.3 Å². The molecule has 3 nitrogen and oxygen atoms in total. The van der Waals surface area contributed by atoms with Gasteiger partial charge in [0.25, 0.3) is 0 Å². The maximum absolute atomic E-state index is 13.2. The second-order valence-corrected chi connectivity index (χ2v) is 5.93. The van der Waals surface area contributed by atoms with Crippen LogP contribution < -0.4 is 10.1 Å².